The van der Waals surface area contributed by atoms with Gasteiger partial charge >= 0.3 is 0 Å². The molecule has 0 aliphatic carbocycles. The van der Waals surface area contributed by atoms with Gasteiger partial charge in [-0.15, -0.1) is 11.3 Å². The van der Waals surface area contributed by atoms with Crippen molar-refractivity contribution in [3.63, 3.8) is 0 Å². The van der Waals surface area contributed by atoms with Crippen LogP contribution in [0.1, 0.15) is 29.1 Å². The first kappa shape index (κ1) is 20.3. The number of aromatic nitrogens is 2. The molecule has 2 amide bonds. The van der Waals surface area contributed by atoms with Crippen LogP contribution in [0.3, 0.4) is 0 Å². The van der Waals surface area contributed by atoms with Gasteiger partial charge in [-0.2, -0.15) is 5.10 Å². The lowest BCUT2D eigenvalue weighted by Crippen LogP contribution is -2.47. The highest BCUT2D eigenvalue weighted by molar-refractivity contribution is 9.10. The molecule has 1 atom stereocenters. The van der Waals surface area contributed by atoms with Gasteiger partial charge in [-0.05, 0) is 35.1 Å². The van der Waals surface area contributed by atoms with Crippen LogP contribution < -0.4 is 10.6 Å². The van der Waals surface area contributed by atoms with Crippen molar-refractivity contribution in [1.29, 1.82) is 0 Å². The van der Waals surface area contributed by atoms with E-state index < -0.39 is 6.04 Å². The Balaban J connectivity index is 1.69. The van der Waals surface area contributed by atoms with Crippen LogP contribution >= 0.6 is 27.3 Å². The maximum Gasteiger partial charge on any atom is 0.262 e. The highest BCUT2D eigenvalue weighted by atomic mass is 79.9. The fourth-order valence-electron chi connectivity index (χ4n) is 2.69. The minimum Gasteiger partial charge on any atom is -0.339 e. The summed E-state index contributed by atoms with van der Waals surface area (Å²) in [5.41, 5.74) is 1.06. The summed E-state index contributed by atoms with van der Waals surface area (Å²) in [5.74, 6) is 0.0142. The number of nitrogens with zero attached hydrogens (tertiary/aromatic N) is 2. The van der Waals surface area contributed by atoms with Crippen molar-refractivity contribution in [2.45, 2.75) is 26.4 Å². The Morgan fingerprint density at radius 3 is 2.57 bits per heavy atom. The number of nitrogens with one attached hydrogen (secondary N) is 2. The Kier molecular flexibility index (Phi) is 6.64. The molecule has 0 aliphatic heterocycles. The summed E-state index contributed by atoms with van der Waals surface area (Å²) in [6, 6.07) is 12.6. The maximum absolute atomic E-state index is 12.8. The van der Waals surface area contributed by atoms with Gasteiger partial charge in [0.15, 0.2) is 0 Å². The van der Waals surface area contributed by atoms with Crippen molar-refractivity contribution in [2.75, 3.05) is 5.32 Å². The standard InChI is InChI=1S/C20H21BrN4O2S/c1-13(2)18(24-19(26)16-4-3-11-28-16)20(27)23-17-9-10-22-25(17)12-14-5-7-15(21)8-6-14/h3-11,13,18H,12H2,1-2H3,(H,23,27)(H,24,26). The second kappa shape index (κ2) is 9.16. The van der Waals surface area contributed by atoms with Gasteiger partial charge in [0.05, 0.1) is 17.6 Å². The molecule has 6 nitrogen and oxygen atoms in total. The van der Waals surface area contributed by atoms with E-state index in [4.69, 9.17) is 0 Å². The van der Waals surface area contributed by atoms with Crippen molar-refractivity contribution in [3.05, 3.63) is 69.0 Å². The molecule has 2 N–H and O–H groups in total. The molecule has 8 heteroatoms. The number of rotatable bonds is 7. The van der Waals surface area contributed by atoms with Crippen molar-refractivity contribution in [1.82, 2.24) is 15.1 Å². The van der Waals surface area contributed by atoms with Gasteiger partial charge in [-0.3, -0.25) is 9.59 Å². The first-order chi connectivity index (χ1) is 13.4. The second-order valence-electron chi connectivity index (χ2n) is 6.66. The third kappa shape index (κ3) is 5.08. The summed E-state index contributed by atoms with van der Waals surface area (Å²) in [7, 11) is 0. The lowest BCUT2D eigenvalue weighted by Gasteiger charge is -2.21. The normalized spacial score (nSPS) is 12.0. The van der Waals surface area contributed by atoms with Crippen molar-refractivity contribution in [3.8, 4) is 0 Å². The number of carbonyl (C=O) groups excluding carboxylic acids is 2. The highest BCUT2D eigenvalue weighted by Gasteiger charge is 2.25. The Hall–Kier alpha value is -2.45. The number of halogens is 1. The molecule has 2 heterocycles. The van der Waals surface area contributed by atoms with E-state index in [1.54, 1.807) is 23.0 Å². The maximum atomic E-state index is 12.8. The molecule has 0 saturated heterocycles. The lowest BCUT2D eigenvalue weighted by atomic mass is 10.0. The smallest absolute Gasteiger partial charge is 0.262 e. The minimum absolute atomic E-state index is 0.0632. The molecule has 0 spiro atoms. The molecular weight excluding hydrogens is 440 g/mol. The fourth-order valence-corrected chi connectivity index (χ4v) is 3.58. The largest absolute Gasteiger partial charge is 0.339 e. The first-order valence-corrected chi connectivity index (χ1v) is 10.5. The van der Waals surface area contributed by atoms with E-state index >= 15 is 0 Å². The van der Waals surface area contributed by atoms with Crippen LogP contribution in [0, 0.1) is 5.92 Å². The van der Waals surface area contributed by atoms with E-state index in [-0.39, 0.29) is 17.7 Å². The zero-order valence-electron chi connectivity index (χ0n) is 15.6. The fraction of sp³-hybridized carbons (Fsp3) is 0.250. The molecule has 1 unspecified atom stereocenters. The SMILES string of the molecule is CC(C)C(NC(=O)c1cccs1)C(=O)Nc1ccnn1Cc1ccc(Br)cc1. The second-order valence-corrected chi connectivity index (χ2v) is 8.53. The molecule has 0 saturated carbocycles. The van der Waals surface area contributed by atoms with E-state index in [9.17, 15) is 9.59 Å². The molecule has 3 rings (SSSR count). The Bertz CT molecular complexity index is 936. The predicted octanol–water partition coefficient (Wildman–Crippen LogP) is 4.15. The third-order valence-electron chi connectivity index (χ3n) is 4.19. The van der Waals surface area contributed by atoms with E-state index in [0.29, 0.717) is 17.2 Å². The average Bonchev–Trinajstić information content (AvgIpc) is 3.33. The van der Waals surface area contributed by atoms with Gasteiger partial charge in [0.1, 0.15) is 11.9 Å². The number of thiophene rings is 1. The summed E-state index contributed by atoms with van der Waals surface area (Å²) >= 11 is 4.77. The van der Waals surface area contributed by atoms with E-state index in [1.807, 2.05) is 49.6 Å². The number of hydrogen-bond donors (Lipinski definition) is 2. The van der Waals surface area contributed by atoms with Crippen molar-refractivity contribution >= 4 is 44.9 Å². The van der Waals surface area contributed by atoms with Gasteiger partial charge in [0.25, 0.3) is 5.91 Å². The Morgan fingerprint density at radius 1 is 1.18 bits per heavy atom. The van der Waals surface area contributed by atoms with Crippen LogP contribution in [0.2, 0.25) is 0 Å². The summed E-state index contributed by atoms with van der Waals surface area (Å²) in [4.78, 5) is 25.8. The molecule has 3 aromatic rings. The molecular formula is C20H21BrN4O2S. The van der Waals surface area contributed by atoms with Crippen LogP contribution in [0.25, 0.3) is 0 Å². The number of amides is 2. The molecule has 0 bridgehead atoms. The van der Waals surface area contributed by atoms with Gasteiger partial charge in [-0.1, -0.05) is 48.0 Å². The van der Waals surface area contributed by atoms with Crippen LogP contribution in [-0.2, 0) is 11.3 Å². The van der Waals surface area contributed by atoms with E-state index in [1.165, 1.54) is 11.3 Å². The number of carbonyl (C=O) groups is 2. The monoisotopic (exact) mass is 460 g/mol. The van der Waals surface area contributed by atoms with Gasteiger partial charge in [0.2, 0.25) is 5.91 Å². The van der Waals surface area contributed by atoms with Gasteiger partial charge < -0.3 is 10.6 Å². The first-order valence-electron chi connectivity index (χ1n) is 8.85. The minimum atomic E-state index is -0.648. The van der Waals surface area contributed by atoms with Gasteiger partial charge in [0, 0.05) is 10.5 Å². The zero-order chi connectivity index (χ0) is 20.1. The van der Waals surface area contributed by atoms with E-state index in [0.717, 1.165) is 10.0 Å². The molecule has 2 aromatic heterocycles. The van der Waals surface area contributed by atoms with Crippen molar-refractivity contribution < 1.29 is 9.59 Å². The molecule has 146 valence electrons. The quantitative estimate of drug-likeness (QED) is 0.555. The number of benzene rings is 1. The van der Waals surface area contributed by atoms with Crippen molar-refractivity contribution in [2.24, 2.45) is 5.92 Å². The van der Waals surface area contributed by atoms with E-state index in [2.05, 4.69) is 31.7 Å². The van der Waals surface area contributed by atoms with Crippen LogP contribution in [-0.4, -0.2) is 27.6 Å². The molecule has 0 fully saturated rings. The average molecular weight is 461 g/mol. The van der Waals surface area contributed by atoms with Crippen LogP contribution in [0.4, 0.5) is 5.82 Å². The Morgan fingerprint density at radius 2 is 1.93 bits per heavy atom. The lowest BCUT2D eigenvalue weighted by molar-refractivity contribution is -0.118. The molecule has 0 radical (unpaired) electrons. The van der Waals surface area contributed by atoms with Crippen LogP contribution in [0.15, 0.2) is 58.5 Å². The third-order valence-corrected chi connectivity index (χ3v) is 5.59. The molecule has 28 heavy (non-hydrogen) atoms. The summed E-state index contributed by atoms with van der Waals surface area (Å²) in [5, 5.41) is 11.9. The highest BCUT2D eigenvalue weighted by Crippen LogP contribution is 2.16. The number of hydrogen-bond acceptors (Lipinski definition) is 4. The number of anilines is 1. The Labute approximate surface area is 176 Å². The van der Waals surface area contributed by atoms with Gasteiger partial charge in [-0.25, -0.2) is 4.68 Å². The molecule has 0 aliphatic rings. The van der Waals surface area contributed by atoms with Crippen LogP contribution in [0.5, 0.6) is 0 Å². The zero-order valence-corrected chi connectivity index (χ0v) is 18.0. The molecule has 1 aromatic carbocycles. The summed E-state index contributed by atoms with van der Waals surface area (Å²) in [6.45, 7) is 4.33. The summed E-state index contributed by atoms with van der Waals surface area (Å²) in [6.07, 6.45) is 1.64. The topological polar surface area (TPSA) is 76.0 Å². The summed E-state index contributed by atoms with van der Waals surface area (Å²) < 4.78 is 2.73. The predicted molar refractivity (Wildman–Crippen MR) is 115 cm³/mol.